The molecular weight excluding hydrogens is 1650 g/mol. The van der Waals surface area contributed by atoms with E-state index >= 15 is 0 Å². The third kappa shape index (κ3) is 31.1. The van der Waals surface area contributed by atoms with Crippen molar-refractivity contribution in [3.8, 4) is 51.7 Å². The fourth-order valence-electron chi connectivity index (χ4n) is 12.1. The van der Waals surface area contributed by atoms with E-state index in [0.717, 1.165) is 56.2 Å². The van der Waals surface area contributed by atoms with Gasteiger partial charge in [-0.15, -0.1) is 0 Å². The number of ether oxygens (including phenoxy) is 14. The van der Waals surface area contributed by atoms with E-state index in [-0.39, 0.29) is 34.0 Å². The van der Waals surface area contributed by atoms with Crippen molar-refractivity contribution in [3.63, 3.8) is 0 Å². The number of anilines is 5. The van der Waals surface area contributed by atoms with Gasteiger partial charge in [0, 0.05) is 194 Å². The zero-order chi connectivity index (χ0) is 88.3. The van der Waals surface area contributed by atoms with Crippen molar-refractivity contribution in [1.82, 2.24) is 0 Å². The maximum Gasteiger partial charge on any atom is 0.188 e. The van der Waals surface area contributed by atoms with Gasteiger partial charge in [-0.1, -0.05) is 240 Å². The molecule has 0 aliphatic heterocycles. The van der Waals surface area contributed by atoms with Crippen molar-refractivity contribution in [3.05, 3.63) is 200 Å². The Morgan fingerprint density at radius 3 is 0.900 bits per heavy atom. The first-order valence-corrected chi connectivity index (χ1v) is 54.9. The predicted octanol–water partition coefficient (Wildman–Crippen LogP) is 13.5. The SMILES string of the molecule is COCOc1c(OC)cc(OC)cc1Pc1ccccc1N(C)C.COCOc1c(OC)cccc1Pc1ccccc1N(C)C.COCOc1c(Pc2ccccc2N(C)C)cc([Si](C)(C)C)cc1[Si](C)(C)C.COCOc1ccc(OC)cc1Pc1ccccc1N(C)C.COCOc1ccc([Si](C)(C)C)cc1Pc1ccccc1N(C)C. The lowest BCUT2D eigenvalue weighted by molar-refractivity contribution is 0.0498. The largest absolute Gasteiger partial charge is 0.497 e. The molecule has 10 rings (SSSR count). The average molecular weight is 1780 g/mol. The van der Waals surface area contributed by atoms with Gasteiger partial charge >= 0.3 is 0 Å². The Balaban J connectivity index is 0.000000233. The summed E-state index contributed by atoms with van der Waals surface area (Å²) < 4.78 is 76.3. The fraction of sp³-hybridized carbons (Fsp3) is 0.355. The second-order valence-corrected chi connectivity index (χ2v) is 53.5. The van der Waals surface area contributed by atoms with E-state index in [1.54, 1.807) is 64.0 Å². The molecule has 5 unspecified atom stereocenters. The topological polar surface area (TPSA) is 145 Å². The van der Waals surface area contributed by atoms with Crippen molar-refractivity contribution in [2.75, 3.05) is 193 Å². The van der Waals surface area contributed by atoms with Crippen LogP contribution in [0, 0.1) is 0 Å². The Kier molecular flexibility index (Phi) is 42.5. The molecular formula is C93H132N5O14P5Si3. The summed E-state index contributed by atoms with van der Waals surface area (Å²) >= 11 is 0. The maximum atomic E-state index is 6.21. The molecule has 19 nitrogen and oxygen atoms in total. The summed E-state index contributed by atoms with van der Waals surface area (Å²) in [5, 5.41) is 16.6. The zero-order valence-electron chi connectivity index (χ0n) is 76.0. The lowest BCUT2D eigenvalue weighted by Crippen LogP contribution is -2.48. The van der Waals surface area contributed by atoms with E-state index in [4.69, 9.17) is 66.3 Å². The van der Waals surface area contributed by atoms with Gasteiger partial charge in [0.2, 0.25) is 0 Å². The van der Waals surface area contributed by atoms with Crippen LogP contribution >= 0.6 is 42.9 Å². The number of nitrogens with zero attached hydrogens (tertiary/aromatic N) is 5. The van der Waals surface area contributed by atoms with Crippen molar-refractivity contribution in [1.29, 1.82) is 0 Å². The monoisotopic (exact) mass is 1780 g/mol. The first kappa shape index (κ1) is 101. The number of methoxy groups -OCH3 is 9. The molecule has 0 aromatic heterocycles. The Labute approximate surface area is 729 Å². The second kappa shape index (κ2) is 50.6. The van der Waals surface area contributed by atoms with Gasteiger partial charge in [-0.05, 0) is 71.9 Å². The summed E-state index contributed by atoms with van der Waals surface area (Å²) in [6.07, 6.45) is 0. The van der Waals surface area contributed by atoms with Crippen molar-refractivity contribution in [2.24, 2.45) is 0 Å². The number of hydrogen-bond acceptors (Lipinski definition) is 19. The quantitative estimate of drug-likeness (QED) is 0.0206. The maximum absolute atomic E-state index is 6.21. The lowest BCUT2D eigenvalue weighted by atomic mass is 10.3. The molecule has 120 heavy (non-hydrogen) atoms. The molecule has 0 fully saturated rings. The van der Waals surface area contributed by atoms with Crippen molar-refractivity contribution < 1.29 is 66.3 Å². The Morgan fingerprint density at radius 1 is 0.233 bits per heavy atom. The van der Waals surface area contributed by atoms with Crippen LogP contribution in [0.25, 0.3) is 0 Å². The summed E-state index contributed by atoms with van der Waals surface area (Å²) in [6.45, 7) is 22.8. The van der Waals surface area contributed by atoms with Gasteiger partial charge in [-0.2, -0.15) is 0 Å². The molecule has 650 valence electrons. The predicted molar refractivity (Wildman–Crippen MR) is 532 cm³/mol. The molecule has 0 aliphatic rings. The lowest BCUT2D eigenvalue weighted by Gasteiger charge is -2.28. The van der Waals surface area contributed by atoms with Gasteiger partial charge < -0.3 is 90.8 Å². The third-order valence-electron chi connectivity index (χ3n) is 18.4. The van der Waals surface area contributed by atoms with E-state index in [0.29, 0.717) is 54.4 Å². The molecule has 0 radical (unpaired) electrons. The van der Waals surface area contributed by atoms with Crippen LogP contribution in [0.3, 0.4) is 0 Å². The Hall–Kier alpha value is -8.00. The molecule has 0 N–H and O–H groups in total. The summed E-state index contributed by atoms with van der Waals surface area (Å²) in [5.74, 6) is 7.16. The molecule has 0 saturated heterocycles. The molecule has 10 aromatic rings. The molecule has 10 aromatic carbocycles. The molecule has 0 heterocycles. The van der Waals surface area contributed by atoms with Crippen molar-refractivity contribution >= 4 is 164 Å². The zero-order valence-corrected chi connectivity index (χ0v) is 84.0. The summed E-state index contributed by atoms with van der Waals surface area (Å²) in [4.78, 5) is 10.7. The van der Waals surface area contributed by atoms with Crippen molar-refractivity contribution in [2.45, 2.75) is 58.9 Å². The minimum absolute atomic E-state index is 0.162. The van der Waals surface area contributed by atoms with Gasteiger partial charge in [-0.25, -0.2) is 0 Å². The minimum atomic E-state index is -1.59. The average Bonchev–Trinajstić information content (AvgIpc) is 0.771. The van der Waals surface area contributed by atoms with Crippen LogP contribution in [0.4, 0.5) is 28.4 Å². The first-order valence-electron chi connectivity index (χ1n) is 39.4. The van der Waals surface area contributed by atoms with Gasteiger partial charge in [-0.3, -0.25) is 0 Å². The molecule has 27 heteroatoms. The van der Waals surface area contributed by atoms with Crippen LogP contribution in [-0.2, 0) is 23.7 Å². The number of para-hydroxylation sites is 6. The van der Waals surface area contributed by atoms with Crippen LogP contribution in [0.2, 0.25) is 58.9 Å². The molecule has 5 atom stereocenters. The fourth-order valence-corrected chi connectivity index (χ4v) is 23.6. The van der Waals surface area contributed by atoms with E-state index < -0.39 is 24.2 Å². The minimum Gasteiger partial charge on any atom is -0.497 e. The normalized spacial score (nSPS) is 11.5. The summed E-state index contributed by atoms with van der Waals surface area (Å²) in [7, 11) is 33.5. The van der Waals surface area contributed by atoms with Gasteiger partial charge in [0.05, 0.1) is 52.7 Å². The second-order valence-electron chi connectivity index (χ2n) is 31.7. The van der Waals surface area contributed by atoms with Crippen LogP contribution in [0.1, 0.15) is 0 Å². The van der Waals surface area contributed by atoms with E-state index in [9.17, 15) is 0 Å². The van der Waals surface area contributed by atoms with E-state index in [1.165, 1.54) is 81.1 Å². The number of benzene rings is 10. The van der Waals surface area contributed by atoms with Gasteiger partial charge in [0.1, 0.15) is 28.7 Å². The Bertz CT molecular complexity index is 4730. The number of rotatable bonds is 37. The molecule has 0 amide bonds. The third-order valence-corrected chi connectivity index (χ3v) is 31.2. The highest BCUT2D eigenvalue weighted by Crippen LogP contribution is 2.37. The highest BCUT2D eigenvalue weighted by atomic mass is 31.1. The highest BCUT2D eigenvalue weighted by molar-refractivity contribution is 7.57. The standard InChI is InChI=1S/C22H36NO2PSi2.C19H28NO2PSi.C18H24NO4P.2C17H22NO3P/c1-23(2)18-12-10-11-13-19(18)26-20-14-17(27(4,5)6)15-21(28(7,8)9)22(20)25-16-24-3;1-20(2)16-9-7-8-10-18(16)23-19-13-15(24(4,5)6)11-12-17(19)22-14-21-3;1-19(2)14-8-6-7-9-16(14)24-17-11-13(21-4)10-15(22-5)18(17)23-12-20-3;1-18(2)13-8-5-6-10-15(13)22-16-11-7-9-14(20-4)17(16)21-12-19-3;1-18(2)14-7-5-6-8-16(14)22-17-11-13(20-4)9-10-15(17)21-12-19-3/h10-15,26H,16H2,1-9H3;7-13,23H,14H2,1-6H3;6-11,24H,12H2,1-5H3;2*5-11,22H,12H2,1-4H3. The highest BCUT2D eigenvalue weighted by Gasteiger charge is 2.29. The van der Waals surface area contributed by atoms with Gasteiger partial charge in [0.25, 0.3) is 0 Å². The summed E-state index contributed by atoms with van der Waals surface area (Å²) in [6, 6.07) is 69.4. The van der Waals surface area contributed by atoms with Crippen LogP contribution in [0.15, 0.2) is 200 Å². The molecule has 0 saturated carbocycles. The summed E-state index contributed by atoms with van der Waals surface area (Å²) in [5.41, 5.74) is 6.12. The first-order chi connectivity index (χ1) is 57.2. The van der Waals surface area contributed by atoms with E-state index in [2.05, 4.69) is 285 Å². The smallest absolute Gasteiger partial charge is 0.188 e. The van der Waals surface area contributed by atoms with E-state index in [1.807, 2.05) is 68.7 Å². The van der Waals surface area contributed by atoms with Crippen LogP contribution < -0.4 is 136 Å². The molecule has 0 aliphatic carbocycles. The molecule has 0 bridgehead atoms. The Morgan fingerprint density at radius 2 is 0.542 bits per heavy atom. The number of hydrogen-bond donors (Lipinski definition) is 0. The van der Waals surface area contributed by atoms with Gasteiger partial charge in [0.15, 0.2) is 57.0 Å². The molecule has 0 spiro atoms. The van der Waals surface area contributed by atoms with Crippen LogP contribution in [0.5, 0.6) is 51.7 Å². The van der Waals surface area contributed by atoms with Crippen LogP contribution in [-0.4, -0.2) is 193 Å².